The van der Waals surface area contributed by atoms with E-state index in [1.807, 2.05) is 56.5 Å². The van der Waals surface area contributed by atoms with Crippen molar-refractivity contribution in [2.75, 3.05) is 27.2 Å². The summed E-state index contributed by atoms with van der Waals surface area (Å²) in [6.07, 6.45) is 5.74. The summed E-state index contributed by atoms with van der Waals surface area (Å²) in [4.78, 5) is 70.3. The Balaban J connectivity index is 1.35. The number of cyclic esters (lactones) is 1. The zero-order valence-electron chi connectivity index (χ0n) is 41.4. The number of furan rings is 1. The van der Waals surface area contributed by atoms with Gasteiger partial charge in [-0.1, -0.05) is 39.8 Å². The number of carbonyl (C=O) groups excluding carboxylic acids is 4. The van der Waals surface area contributed by atoms with E-state index in [0.717, 1.165) is 11.3 Å². The molecule has 17 heteroatoms. The van der Waals surface area contributed by atoms with Crippen molar-refractivity contribution in [3.05, 3.63) is 73.9 Å². The van der Waals surface area contributed by atoms with E-state index in [9.17, 15) is 19.5 Å². The summed E-state index contributed by atoms with van der Waals surface area (Å²) in [5.41, 5.74) is -0.634. The quantitative estimate of drug-likeness (QED) is 0.0693. The van der Waals surface area contributed by atoms with Gasteiger partial charge in [0.05, 0.1) is 66.4 Å². The second-order valence-corrected chi connectivity index (χ2v) is 19.5. The lowest BCUT2D eigenvalue weighted by atomic mass is 9.73. The number of Topliss-reactive ketones (excluding diaryl/α,β-unsaturated/α-hetero) is 1. The zero-order valence-corrected chi connectivity index (χ0v) is 41.4. The molecule has 0 aromatic carbocycles. The minimum Gasteiger partial charge on any atom is -0.472 e. The number of aryl methyl sites for hydroxylation is 1. The molecule has 3 saturated heterocycles. The number of likely N-dealkylation sites (N-methyl/N-ethyl adjacent to an activating group) is 1. The normalized spacial score (nSPS) is 33.9. The Kier molecular flexibility index (Phi) is 17.5. The first-order valence-electron chi connectivity index (χ1n) is 24.1. The fraction of sp³-hybridized carbons (Fsp3) is 0.647. The Morgan fingerprint density at radius 2 is 1.81 bits per heavy atom. The molecular weight excluding hydrogens is 875 g/mol. The molecule has 3 aromatic rings. The number of aliphatic hydroxyl groups excluding tert-OH is 1. The lowest BCUT2D eigenvalue weighted by Gasteiger charge is -2.48. The third-order valence-electron chi connectivity index (χ3n) is 14.5. The minimum atomic E-state index is -1.45. The molecule has 0 saturated carbocycles. The molecule has 17 nitrogen and oxygen atoms in total. The maximum atomic E-state index is 15.0. The van der Waals surface area contributed by atoms with Crippen LogP contribution in [0.5, 0.6) is 0 Å². The van der Waals surface area contributed by atoms with E-state index in [0.29, 0.717) is 38.0 Å². The number of amides is 1. The van der Waals surface area contributed by atoms with E-state index < -0.39 is 89.7 Å². The van der Waals surface area contributed by atoms with Gasteiger partial charge in [-0.25, -0.2) is 9.78 Å². The molecule has 6 heterocycles. The summed E-state index contributed by atoms with van der Waals surface area (Å²) in [5, 5.41) is 11.9. The third kappa shape index (κ3) is 11.6. The highest BCUT2D eigenvalue weighted by Gasteiger charge is 2.60. The Bertz CT molecular complexity index is 2150. The Labute approximate surface area is 400 Å². The number of imidazole rings is 1. The molecule has 68 heavy (non-hydrogen) atoms. The summed E-state index contributed by atoms with van der Waals surface area (Å²) in [5.74, 6) is -4.92. The van der Waals surface area contributed by atoms with Crippen molar-refractivity contribution in [1.82, 2.24) is 24.3 Å². The number of fused-ring (bicyclic) bond motifs is 1. The first-order chi connectivity index (χ1) is 32.3. The van der Waals surface area contributed by atoms with Crippen molar-refractivity contribution in [3.63, 3.8) is 0 Å². The van der Waals surface area contributed by atoms with Crippen molar-refractivity contribution in [2.45, 2.75) is 161 Å². The first-order valence-corrected chi connectivity index (χ1v) is 24.1. The fourth-order valence-electron chi connectivity index (χ4n) is 10.8. The van der Waals surface area contributed by atoms with Crippen LogP contribution in [0.1, 0.15) is 93.2 Å². The summed E-state index contributed by atoms with van der Waals surface area (Å²) in [7, 11) is 3.41. The number of esters is 2. The van der Waals surface area contributed by atoms with E-state index in [2.05, 4.69) is 16.5 Å². The molecule has 0 bridgehead atoms. The van der Waals surface area contributed by atoms with Crippen LogP contribution in [-0.2, 0) is 55.8 Å². The van der Waals surface area contributed by atoms with E-state index in [-0.39, 0.29) is 43.7 Å². The third-order valence-corrected chi connectivity index (χ3v) is 14.5. The number of ketones is 1. The topological polar surface area (TPSA) is 194 Å². The average Bonchev–Trinajstić information content (AvgIpc) is 4.08. The van der Waals surface area contributed by atoms with Crippen LogP contribution in [0.2, 0.25) is 0 Å². The predicted octanol–water partition coefficient (Wildman–Crippen LogP) is 6.66. The standard InChI is InChI=1S/C51H73N5O12/c1-12-21-54(10)39-25-32(4)64-48(43(39)59)67-46-34(6)44(66-41(57)26-37-18-14-15-20-52-37)35(7)47(60)65-40(13-2)51(9)45(33(5)42(58)31(3)27-50(46,8)62-11)56(49(61)68-51)23-17-16-22-55-28-38(53-30-55)36-19-24-63-29-36/h12,14-15,18-20,24,28-35,39-40,43-46,48,59H,1,13,16-17,21-23,25-27H2,2-11H3/t31-,32+,33+,34+,35-,39-,40-,43+,44+,45-,46-,48-,50-,51-/m1/s1. The molecule has 6 rings (SSSR count). The molecule has 14 atom stereocenters. The lowest BCUT2D eigenvalue weighted by molar-refractivity contribution is -0.302. The number of rotatable bonds is 16. The van der Waals surface area contributed by atoms with Gasteiger partial charge in [0.1, 0.15) is 24.1 Å². The van der Waals surface area contributed by atoms with E-state index >= 15 is 4.79 Å². The molecule has 1 N–H and O–H groups in total. The average molecular weight is 948 g/mol. The summed E-state index contributed by atoms with van der Waals surface area (Å²) in [6, 6.07) is 5.87. The molecule has 0 radical (unpaired) electrons. The highest BCUT2D eigenvalue weighted by molar-refractivity contribution is 5.85. The van der Waals surface area contributed by atoms with Crippen LogP contribution < -0.4 is 0 Å². The Morgan fingerprint density at radius 3 is 2.47 bits per heavy atom. The van der Waals surface area contributed by atoms with Crippen molar-refractivity contribution in [1.29, 1.82) is 0 Å². The Hall–Kier alpha value is -4.94. The molecular formula is C51H73N5O12. The second kappa shape index (κ2) is 22.7. The van der Waals surface area contributed by atoms with E-state index in [4.69, 9.17) is 32.8 Å². The number of aromatic nitrogens is 3. The van der Waals surface area contributed by atoms with Gasteiger partial charge in [-0.05, 0) is 85.0 Å². The first kappa shape index (κ1) is 52.4. The smallest absolute Gasteiger partial charge is 0.410 e. The number of hydrogen-bond donors (Lipinski definition) is 1. The van der Waals surface area contributed by atoms with Crippen molar-refractivity contribution in [3.8, 4) is 11.3 Å². The van der Waals surface area contributed by atoms with Crippen LogP contribution in [0.3, 0.4) is 0 Å². The van der Waals surface area contributed by atoms with Crippen LogP contribution in [0.15, 0.2) is 72.6 Å². The van der Waals surface area contributed by atoms with Crippen LogP contribution >= 0.6 is 0 Å². The maximum absolute atomic E-state index is 15.0. The molecule has 0 unspecified atom stereocenters. The highest BCUT2D eigenvalue weighted by Crippen LogP contribution is 2.44. The molecule has 3 aromatic heterocycles. The summed E-state index contributed by atoms with van der Waals surface area (Å²) in [6.45, 7) is 19.6. The molecule has 0 spiro atoms. The number of methoxy groups -OCH3 is 1. The molecule has 3 aliphatic rings. The number of aliphatic hydroxyl groups is 1. The van der Waals surface area contributed by atoms with Gasteiger partial charge in [0.2, 0.25) is 0 Å². The van der Waals surface area contributed by atoms with E-state index in [1.54, 1.807) is 81.9 Å². The molecule has 0 aliphatic carbocycles. The van der Waals surface area contributed by atoms with Crippen molar-refractivity contribution >= 4 is 23.8 Å². The highest BCUT2D eigenvalue weighted by atomic mass is 16.7. The van der Waals surface area contributed by atoms with E-state index in [1.165, 1.54) is 7.11 Å². The second-order valence-electron chi connectivity index (χ2n) is 19.5. The number of pyridine rings is 1. The zero-order chi connectivity index (χ0) is 49.5. The minimum absolute atomic E-state index is 0.106. The van der Waals surface area contributed by atoms with Gasteiger partial charge in [0.25, 0.3) is 0 Å². The lowest BCUT2D eigenvalue weighted by Crippen LogP contribution is -2.61. The van der Waals surface area contributed by atoms with Crippen LogP contribution in [0.4, 0.5) is 4.79 Å². The van der Waals surface area contributed by atoms with Gasteiger partial charge >= 0.3 is 18.0 Å². The monoisotopic (exact) mass is 948 g/mol. The molecule has 1 amide bonds. The van der Waals surface area contributed by atoms with Crippen molar-refractivity contribution in [2.24, 2.45) is 23.7 Å². The number of nitrogens with zero attached hydrogens (tertiary/aromatic N) is 5. The SMILES string of the molecule is C=CCN(C)[C@@H]1C[C@H](C)O[C@H](O[C@@H]2[C@@H](C)[C@H](OC(=O)Cc3ccccn3)[C@@H](C)C(=O)O[C@H](CC)[C@@]3(C)OC(=O)N(CCCCn4cnc(-c5ccoc5)c4)[C@@H]3[C@@H](C)C(=O)[C@H](C)C[C@@]2(C)OC)[C@H]1O. The van der Waals surface area contributed by atoms with Crippen LogP contribution in [0, 0.1) is 23.7 Å². The van der Waals surface area contributed by atoms with Crippen molar-refractivity contribution < 1.29 is 57.1 Å². The summed E-state index contributed by atoms with van der Waals surface area (Å²) < 4.78 is 45.9. The largest absolute Gasteiger partial charge is 0.472 e. The van der Waals surface area contributed by atoms with Crippen LogP contribution in [-0.4, -0.2) is 141 Å². The van der Waals surface area contributed by atoms with Gasteiger partial charge in [0, 0.05) is 68.5 Å². The molecule has 374 valence electrons. The number of carbonyl (C=O) groups is 4. The Morgan fingerprint density at radius 1 is 1.06 bits per heavy atom. The van der Waals surface area contributed by atoms with Gasteiger partial charge in [-0.2, -0.15) is 0 Å². The number of ether oxygens (including phenoxy) is 6. The van der Waals surface area contributed by atoms with Crippen LogP contribution in [0.25, 0.3) is 11.3 Å². The predicted molar refractivity (Wildman–Crippen MR) is 251 cm³/mol. The van der Waals surface area contributed by atoms with Gasteiger partial charge < -0.3 is 47.4 Å². The van der Waals surface area contributed by atoms with Gasteiger partial charge in [0.15, 0.2) is 11.9 Å². The summed E-state index contributed by atoms with van der Waals surface area (Å²) >= 11 is 0. The molecule has 3 aliphatic heterocycles. The number of hydrogen-bond acceptors (Lipinski definition) is 15. The molecule has 3 fully saturated rings. The van der Waals surface area contributed by atoms with Gasteiger partial charge in [-0.3, -0.25) is 24.3 Å². The van der Waals surface area contributed by atoms with Gasteiger partial charge in [-0.15, -0.1) is 6.58 Å². The number of unbranched alkanes of at least 4 members (excludes halogenated alkanes) is 1. The maximum Gasteiger partial charge on any atom is 0.410 e. The fourth-order valence-corrected chi connectivity index (χ4v) is 10.8.